The SMILES string of the molecule is Cc1cc(-n2ccc(N)nc2=O)ccc1CN(CC1CC1)[C@H]1CC[C@H](N)CC1. The second-order valence-electron chi connectivity index (χ2n) is 8.56. The molecule has 0 spiro atoms. The first-order valence-electron chi connectivity index (χ1n) is 10.4. The number of aromatic nitrogens is 2. The molecule has 2 aliphatic rings. The van der Waals surface area contributed by atoms with Gasteiger partial charge >= 0.3 is 5.69 Å². The van der Waals surface area contributed by atoms with Gasteiger partial charge < -0.3 is 11.5 Å². The molecule has 0 amide bonds. The van der Waals surface area contributed by atoms with Crippen LogP contribution < -0.4 is 17.2 Å². The van der Waals surface area contributed by atoms with Crippen LogP contribution in [-0.2, 0) is 6.54 Å². The normalized spacial score (nSPS) is 22.5. The van der Waals surface area contributed by atoms with Crippen LogP contribution in [0.1, 0.15) is 49.7 Å². The van der Waals surface area contributed by atoms with Crippen LogP contribution in [0.5, 0.6) is 0 Å². The van der Waals surface area contributed by atoms with E-state index in [1.165, 1.54) is 47.9 Å². The molecule has 1 aromatic carbocycles. The molecule has 0 radical (unpaired) electrons. The lowest BCUT2D eigenvalue weighted by Crippen LogP contribution is -2.41. The standard InChI is InChI=1S/C22H31N5O/c1-15-12-20(27-11-10-21(24)25-22(27)28)7-4-17(15)14-26(13-16-2-3-16)19-8-5-18(23)6-9-19/h4,7,10-12,16,18-19H,2-3,5-6,8-9,13-14,23H2,1H3,(H2,24,25,28)/t18-,19-. The Kier molecular flexibility index (Phi) is 5.51. The summed E-state index contributed by atoms with van der Waals surface area (Å²) >= 11 is 0. The van der Waals surface area contributed by atoms with Crippen LogP contribution >= 0.6 is 0 Å². The fraction of sp³-hybridized carbons (Fsp3) is 0.545. The van der Waals surface area contributed by atoms with E-state index in [2.05, 4.69) is 28.9 Å². The molecule has 0 atom stereocenters. The van der Waals surface area contributed by atoms with Crippen LogP contribution in [0.3, 0.4) is 0 Å². The number of nitrogens with two attached hydrogens (primary N) is 2. The Bertz CT molecular complexity index is 881. The highest BCUT2D eigenvalue weighted by Crippen LogP contribution is 2.33. The number of anilines is 1. The van der Waals surface area contributed by atoms with E-state index in [1.54, 1.807) is 12.3 Å². The lowest BCUT2D eigenvalue weighted by atomic mass is 9.90. The summed E-state index contributed by atoms with van der Waals surface area (Å²) in [6.07, 6.45) is 9.11. The number of nitrogens with zero attached hydrogens (tertiary/aromatic N) is 3. The molecule has 6 heteroatoms. The summed E-state index contributed by atoms with van der Waals surface area (Å²) in [6, 6.07) is 8.90. The van der Waals surface area contributed by atoms with Gasteiger partial charge in [0.25, 0.3) is 0 Å². The molecule has 0 aliphatic heterocycles. The zero-order valence-corrected chi connectivity index (χ0v) is 16.7. The number of hydrogen-bond donors (Lipinski definition) is 2. The minimum Gasteiger partial charge on any atom is -0.383 e. The monoisotopic (exact) mass is 381 g/mol. The summed E-state index contributed by atoms with van der Waals surface area (Å²) in [4.78, 5) is 18.6. The molecule has 28 heavy (non-hydrogen) atoms. The summed E-state index contributed by atoms with van der Waals surface area (Å²) in [5.74, 6) is 1.12. The number of aryl methyl sites for hydroxylation is 1. The van der Waals surface area contributed by atoms with E-state index >= 15 is 0 Å². The van der Waals surface area contributed by atoms with Crippen molar-refractivity contribution >= 4 is 5.82 Å². The highest BCUT2D eigenvalue weighted by Gasteiger charge is 2.30. The molecular formula is C22H31N5O. The fourth-order valence-electron chi connectivity index (χ4n) is 4.28. The van der Waals surface area contributed by atoms with Crippen molar-refractivity contribution in [3.63, 3.8) is 0 Å². The van der Waals surface area contributed by atoms with Crippen LogP contribution in [-0.4, -0.2) is 33.1 Å². The maximum absolute atomic E-state index is 12.1. The van der Waals surface area contributed by atoms with Crippen LogP contribution in [0.25, 0.3) is 5.69 Å². The third-order valence-electron chi connectivity index (χ3n) is 6.25. The largest absolute Gasteiger partial charge is 0.383 e. The lowest BCUT2D eigenvalue weighted by molar-refractivity contribution is 0.135. The molecule has 2 aliphatic carbocycles. The zero-order chi connectivity index (χ0) is 19.7. The van der Waals surface area contributed by atoms with Crippen molar-refractivity contribution in [2.45, 2.75) is 64.1 Å². The molecule has 4 rings (SSSR count). The Morgan fingerprint density at radius 1 is 1.14 bits per heavy atom. The number of benzene rings is 1. The van der Waals surface area contributed by atoms with Gasteiger partial charge in [0.1, 0.15) is 5.82 Å². The van der Waals surface area contributed by atoms with Gasteiger partial charge in [0.2, 0.25) is 0 Å². The molecule has 0 bridgehead atoms. The molecule has 4 N–H and O–H groups in total. The molecule has 1 aromatic heterocycles. The maximum Gasteiger partial charge on any atom is 0.354 e. The number of rotatable bonds is 6. The summed E-state index contributed by atoms with van der Waals surface area (Å²) in [5, 5.41) is 0. The quantitative estimate of drug-likeness (QED) is 0.803. The number of hydrogen-bond acceptors (Lipinski definition) is 5. The molecule has 2 fully saturated rings. The highest BCUT2D eigenvalue weighted by molar-refractivity contribution is 5.41. The highest BCUT2D eigenvalue weighted by atomic mass is 16.1. The first-order chi connectivity index (χ1) is 13.5. The third-order valence-corrected chi connectivity index (χ3v) is 6.25. The van der Waals surface area contributed by atoms with Crippen molar-refractivity contribution in [2.24, 2.45) is 11.7 Å². The van der Waals surface area contributed by atoms with E-state index in [4.69, 9.17) is 11.5 Å². The molecule has 2 aromatic rings. The summed E-state index contributed by atoms with van der Waals surface area (Å²) in [7, 11) is 0. The van der Waals surface area contributed by atoms with Gasteiger partial charge in [0, 0.05) is 31.4 Å². The molecule has 0 saturated heterocycles. The van der Waals surface area contributed by atoms with Gasteiger partial charge in [-0.15, -0.1) is 0 Å². The molecule has 1 heterocycles. The first kappa shape index (κ1) is 19.2. The first-order valence-corrected chi connectivity index (χ1v) is 10.4. The van der Waals surface area contributed by atoms with Crippen molar-refractivity contribution < 1.29 is 0 Å². The maximum atomic E-state index is 12.1. The van der Waals surface area contributed by atoms with E-state index in [0.717, 1.165) is 31.0 Å². The zero-order valence-electron chi connectivity index (χ0n) is 16.7. The Hall–Kier alpha value is -2.18. The Balaban J connectivity index is 1.53. The van der Waals surface area contributed by atoms with Crippen LogP contribution in [0.15, 0.2) is 35.3 Å². The van der Waals surface area contributed by atoms with E-state index in [1.807, 2.05) is 6.07 Å². The molecule has 6 nitrogen and oxygen atoms in total. The minimum absolute atomic E-state index is 0.248. The second kappa shape index (κ2) is 8.05. The topological polar surface area (TPSA) is 90.2 Å². The second-order valence-corrected chi connectivity index (χ2v) is 8.56. The Labute approximate surface area is 166 Å². The van der Waals surface area contributed by atoms with Gasteiger partial charge in [-0.1, -0.05) is 6.07 Å². The smallest absolute Gasteiger partial charge is 0.354 e. The van der Waals surface area contributed by atoms with Crippen molar-refractivity contribution in [1.82, 2.24) is 14.5 Å². The van der Waals surface area contributed by atoms with Crippen LogP contribution in [0.4, 0.5) is 5.82 Å². The summed E-state index contributed by atoms with van der Waals surface area (Å²) in [5.41, 5.74) is 14.7. The predicted octanol–water partition coefficient (Wildman–Crippen LogP) is 2.61. The average Bonchev–Trinajstić information content (AvgIpc) is 3.47. The van der Waals surface area contributed by atoms with Crippen molar-refractivity contribution in [2.75, 3.05) is 12.3 Å². The molecule has 0 unspecified atom stereocenters. The van der Waals surface area contributed by atoms with Gasteiger partial charge in [0.15, 0.2) is 0 Å². The van der Waals surface area contributed by atoms with Gasteiger partial charge in [0.05, 0.1) is 5.69 Å². The van der Waals surface area contributed by atoms with E-state index in [-0.39, 0.29) is 11.5 Å². The van der Waals surface area contributed by atoms with Crippen molar-refractivity contribution in [1.29, 1.82) is 0 Å². The van der Waals surface area contributed by atoms with E-state index < -0.39 is 0 Å². The van der Waals surface area contributed by atoms with Crippen LogP contribution in [0.2, 0.25) is 0 Å². The van der Waals surface area contributed by atoms with Gasteiger partial charge in [-0.2, -0.15) is 4.98 Å². The summed E-state index contributed by atoms with van der Waals surface area (Å²) < 4.78 is 1.54. The third kappa shape index (κ3) is 4.45. The Morgan fingerprint density at radius 3 is 2.54 bits per heavy atom. The Morgan fingerprint density at radius 2 is 1.89 bits per heavy atom. The van der Waals surface area contributed by atoms with E-state index in [9.17, 15) is 4.79 Å². The molecule has 2 saturated carbocycles. The minimum atomic E-state index is -0.346. The van der Waals surface area contributed by atoms with Crippen molar-refractivity contribution in [3.8, 4) is 5.69 Å². The number of nitrogen functional groups attached to an aromatic ring is 1. The average molecular weight is 382 g/mol. The van der Waals surface area contributed by atoms with Gasteiger partial charge in [-0.25, -0.2) is 4.79 Å². The molecular weight excluding hydrogens is 350 g/mol. The molecule has 150 valence electrons. The predicted molar refractivity (Wildman–Crippen MR) is 112 cm³/mol. The van der Waals surface area contributed by atoms with Crippen LogP contribution in [0, 0.1) is 12.8 Å². The summed E-state index contributed by atoms with van der Waals surface area (Å²) in [6.45, 7) is 4.29. The van der Waals surface area contributed by atoms with Gasteiger partial charge in [-0.05, 0) is 80.7 Å². The fourth-order valence-corrected chi connectivity index (χ4v) is 4.28. The van der Waals surface area contributed by atoms with Gasteiger partial charge in [-0.3, -0.25) is 9.47 Å². The lowest BCUT2D eigenvalue weighted by Gasteiger charge is -2.36. The van der Waals surface area contributed by atoms with E-state index in [0.29, 0.717) is 12.1 Å². The van der Waals surface area contributed by atoms with Crippen molar-refractivity contribution in [3.05, 3.63) is 52.1 Å².